The van der Waals surface area contributed by atoms with Crippen LogP contribution in [0, 0.1) is 22.6 Å². The second-order valence-electron chi connectivity index (χ2n) is 11.8. The number of benzene rings is 1. The lowest BCUT2D eigenvalue weighted by Crippen LogP contribution is -2.56. The molecule has 2 N–H and O–H groups in total. The zero-order valence-electron chi connectivity index (χ0n) is 24.6. The van der Waals surface area contributed by atoms with E-state index in [9.17, 15) is 4.39 Å². The molecule has 7 heterocycles. The van der Waals surface area contributed by atoms with Crippen LogP contribution in [0.3, 0.4) is 0 Å². The third-order valence-corrected chi connectivity index (χ3v) is 8.66. The summed E-state index contributed by atoms with van der Waals surface area (Å²) in [4.78, 5) is 35.6. The summed E-state index contributed by atoms with van der Waals surface area (Å²) in [6.07, 6.45) is 7.17. The first-order chi connectivity index (χ1) is 22.5. The zero-order chi connectivity index (χ0) is 31.3. The molecule has 0 saturated carbocycles. The average molecular weight is 611 g/mol. The molecule has 0 aliphatic carbocycles. The molecular weight excluding hydrogens is 583 g/mol. The maximum absolute atomic E-state index is 13.5. The van der Waals surface area contributed by atoms with Crippen molar-refractivity contribution in [2.75, 3.05) is 36.8 Å². The van der Waals surface area contributed by atoms with E-state index >= 15 is 0 Å². The van der Waals surface area contributed by atoms with Gasteiger partial charge in [0.05, 0.1) is 18.0 Å². The number of nitrogens with zero attached hydrogens (tertiary/aromatic N) is 11. The van der Waals surface area contributed by atoms with Gasteiger partial charge >= 0.3 is 0 Å². The number of hydrogen-bond donors (Lipinski definition) is 1. The van der Waals surface area contributed by atoms with Crippen molar-refractivity contribution < 1.29 is 4.39 Å². The number of nitrogens with two attached hydrogens (primary N) is 1. The number of hydrogen-bond acceptors (Lipinski definition) is 11. The molecule has 2 fully saturated rings. The molecule has 2 saturated heterocycles. The first-order valence-corrected chi connectivity index (χ1v) is 14.9. The zero-order valence-corrected chi connectivity index (χ0v) is 24.6. The number of nitrogen functional groups attached to an aromatic ring is 1. The first kappa shape index (κ1) is 27.7. The summed E-state index contributed by atoms with van der Waals surface area (Å²) < 4.78 is 15.5. The van der Waals surface area contributed by atoms with E-state index in [-0.39, 0.29) is 11.2 Å². The van der Waals surface area contributed by atoms with Crippen LogP contribution in [0.5, 0.6) is 0 Å². The van der Waals surface area contributed by atoms with Crippen LogP contribution in [0.15, 0.2) is 79.4 Å². The SMILES string of the molecule is N#Cc1nccc(N2CCC3(CN(Cc4ccc(-n5c(-c6cccnc6N)nc6cnc(-c7ccc(F)cn7)nc65)cc4)C3)C2)n1. The van der Waals surface area contributed by atoms with Crippen LogP contribution in [-0.2, 0) is 6.54 Å². The third-order valence-electron chi connectivity index (χ3n) is 8.66. The number of aromatic nitrogens is 8. The standard InChI is InChI=1S/C33H27FN12/c34-22-5-8-25(39-15-22)30-40-16-26-32(43-30)46(31(41-26)24-2-1-11-38-29(24)36)23-6-3-21(4-7-23)17-44-18-33(19-44)10-13-45(20-33)28-9-12-37-27(14-35)42-28/h1-9,11-12,15-16H,10,13,17-20H2,(H2,36,38). The van der Waals surface area contributed by atoms with Gasteiger partial charge in [-0.15, -0.1) is 0 Å². The lowest BCUT2D eigenvalue weighted by Gasteiger charge is -2.48. The van der Waals surface area contributed by atoms with E-state index in [1.807, 2.05) is 28.8 Å². The van der Waals surface area contributed by atoms with Crippen LogP contribution >= 0.6 is 0 Å². The fraction of sp³-hybridized carbons (Fsp3) is 0.212. The van der Waals surface area contributed by atoms with E-state index in [0.29, 0.717) is 39.9 Å². The van der Waals surface area contributed by atoms with Gasteiger partial charge in [-0.3, -0.25) is 9.47 Å². The van der Waals surface area contributed by atoms with Crippen molar-refractivity contribution in [1.82, 2.24) is 44.4 Å². The Kier molecular flexibility index (Phi) is 6.58. The number of fused-ring (bicyclic) bond motifs is 1. The van der Waals surface area contributed by atoms with Crippen LogP contribution in [-0.4, -0.2) is 70.5 Å². The van der Waals surface area contributed by atoms with Gasteiger partial charge in [-0.05, 0) is 54.4 Å². The highest BCUT2D eigenvalue weighted by Gasteiger charge is 2.47. The molecule has 0 amide bonds. The fourth-order valence-corrected chi connectivity index (χ4v) is 6.53. The Morgan fingerprint density at radius 3 is 2.54 bits per heavy atom. The van der Waals surface area contributed by atoms with Crippen molar-refractivity contribution in [3.05, 3.63) is 96.6 Å². The van der Waals surface area contributed by atoms with Gasteiger partial charge in [-0.1, -0.05) is 12.1 Å². The maximum atomic E-state index is 13.5. The van der Waals surface area contributed by atoms with Crippen molar-refractivity contribution in [3.63, 3.8) is 0 Å². The molecule has 0 atom stereocenters. The molecule has 6 aromatic rings. The van der Waals surface area contributed by atoms with Gasteiger partial charge < -0.3 is 10.6 Å². The Hall–Kier alpha value is -5.87. The first-order valence-electron chi connectivity index (χ1n) is 14.9. The van der Waals surface area contributed by atoms with Gasteiger partial charge in [-0.25, -0.2) is 39.3 Å². The number of rotatable bonds is 6. The molecule has 2 aliphatic rings. The van der Waals surface area contributed by atoms with E-state index in [1.54, 1.807) is 24.7 Å². The molecule has 5 aromatic heterocycles. The van der Waals surface area contributed by atoms with Crippen molar-refractivity contribution in [2.45, 2.75) is 13.0 Å². The number of pyridine rings is 2. The van der Waals surface area contributed by atoms with Crippen molar-refractivity contribution >= 4 is 22.8 Å². The summed E-state index contributed by atoms with van der Waals surface area (Å²) in [6.45, 7) is 4.71. The summed E-state index contributed by atoms with van der Waals surface area (Å²) in [7, 11) is 0. The molecule has 0 bridgehead atoms. The Balaban J connectivity index is 1.05. The molecule has 1 spiro atoms. The molecule has 13 heteroatoms. The van der Waals surface area contributed by atoms with Gasteiger partial charge in [0.2, 0.25) is 5.82 Å². The van der Waals surface area contributed by atoms with E-state index in [0.717, 1.165) is 56.8 Å². The van der Waals surface area contributed by atoms with Crippen LogP contribution in [0.1, 0.15) is 17.8 Å². The topological polar surface area (TPSA) is 151 Å². The van der Waals surface area contributed by atoms with Crippen LogP contribution < -0.4 is 10.6 Å². The highest BCUT2D eigenvalue weighted by atomic mass is 19.1. The van der Waals surface area contributed by atoms with Crippen LogP contribution in [0.4, 0.5) is 16.0 Å². The normalized spacial score (nSPS) is 15.7. The second kappa shape index (κ2) is 10.9. The lowest BCUT2D eigenvalue weighted by atomic mass is 9.79. The smallest absolute Gasteiger partial charge is 0.234 e. The number of anilines is 2. The lowest BCUT2D eigenvalue weighted by molar-refractivity contribution is 0.0117. The Bertz CT molecular complexity index is 2110. The predicted octanol–water partition coefficient (Wildman–Crippen LogP) is 4.03. The maximum Gasteiger partial charge on any atom is 0.234 e. The minimum Gasteiger partial charge on any atom is -0.383 e. The molecule has 226 valence electrons. The number of nitriles is 1. The van der Waals surface area contributed by atoms with Crippen molar-refractivity contribution in [1.29, 1.82) is 5.26 Å². The monoisotopic (exact) mass is 610 g/mol. The Labute approximate surface area is 263 Å². The molecule has 12 nitrogen and oxygen atoms in total. The van der Waals surface area contributed by atoms with E-state index < -0.39 is 5.82 Å². The molecule has 0 radical (unpaired) electrons. The number of likely N-dealkylation sites (tertiary alicyclic amines) is 1. The average Bonchev–Trinajstić information content (AvgIpc) is 3.68. The summed E-state index contributed by atoms with van der Waals surface area (Å²) >= 11 is 0. The minimum absolute atomic E-state index is 0.203. The molecule has 8 rings (SSSR count). The van der Waals surface area contributed by atoms with E-state index in [4.69, 9.17) is 21.0 Å². The summed E-state index contributed by atoms with van der Waals surface area (Å²) in [5.74, 6) is 1.90. The van der Waals surface area contributed by atoms with Crippen molar-refractivity contribution in [3.8, 4) is 34.7 Å². The number of imidazole rings is 1. The van der Waals surface area contributed by atoms with Crippen LogP contribution in [0.25, 0.3) is 39.8 Å². The largest absolute Gasteiger partial charge is 0.383 e. The van der Waals surface area contributed by atoms with Crippen LogP contribution in [0.2, 0.25) is 0 Å². The van der Waals surface area contributed by atoms with Gasteiger partial charge in [0.15, 0.2) is 17.3 Å². The fourth-order valence-electron chi connectivity index (χ4n) is 6.53. The Morgan fingerprint density at radius 1 is 0.891 bits per heavy atom. The minimum atomic E-state index is -0.430. The second-order valence-corrected chi connectivity index (χ2v) is 11.8. The van der Waals surface area contributed by atoms with Gasteiger partial charge in [0.1, 0.15) is 34.7 Å². The molecule has 1 aromatic carbocycles. The highest BCUT2D eigenvalue weighted by molar-refractivity contribution is 5.83. The summed E-state index contributed by atoms with van der Waals surface area (Å²) in [5.41, 5.74) is 10.9. The van der Waals surface area contributed by atoms with Gasteiger partial charge in [-0.2, -0.15) is 5.26 Å². The molecule has 0 unspecified atom stereocenters. The van der Waals surface area contributed by atoms with Gasteiger partial charge in [0.25, 0.3) is 0 Å². The van der Waals surface area contributed by atoms with E-state index in [2.05, 4.69) is 59.0 Å². The predicted molar refractivity (Wildman–Crippen MR) is 169 cm³/mol. The highest BCUT2D eigenvalue weighted by Crippen LogP contribution is 2.41. The number of halogens is 1. The summed E-state index contributed by atoms with van der Waals surface area (Å²) in [5, 5.41) is 9.17. The van der Waals surface area contributed by atoms with E-state index in [1.165, 1.54) is 11.6 Å². The molecule has 2 aliphatic heterocycles. The quantitative estimate of drug-likeness (QED) is 0.291. The van der Waals surface area contributed by atoms with Gasteiger partial charge in [0, 0.05) is 56.2 Å². The Morgan fingerprint density at radius 2 is 1.76 bits per heavy atom. The summed E-state index contributed by atoms with van der Waals surface area (Å²) in [6, 6.07) is 18.8. The molecular formula is C33H27FN12. The third kappa shape index (κ3) is 4.94. The molecule has 46 heavy (non-hydrogen) atoms. The van der Waals surface area contributed by atoms with Crippen molar-refractivity contribution in [2.24, 2.45) is 5.41 Å².